The molecule has 150 valence electrons. The van der Waals surface area contributed by atoms with Crippen molar-refractivity contribution in [2.45, 2.75) is 6.92 Å². The number of carboxylic acids is 1. The molecule has 8 nitrogen and oxygen atoms in total. The van der Waals surface area contributed by atoms with Crippen molar-refractivity contribution in [3.05, 3.63) is 77.4 Å². The number of ether oxygens (including phenoxy) is 2. The number of hydrogen-bond acceptors (Lipinski definition) is 6. The highest BCUT2D eigenvalue weighted by atomic mass is 16.6. The van der Waals surface area contributed by atoms with E-state index in [1.165, 1.54) is 37.3 Å². The van der Waals surface area contributed by atoms with Gasteiger partial charge in [-0.25, -0.2) is 14.4 Å². The third kappa shape index (κ3) is 5.77. The van der Waals surface area contributed by atoms with Gasteiger partial charge in [-0.1, -0.05) is 30.8 Å². The van der Waals surface area contributed by atoms with Crippen LogP contribution in [0.1, 0.15) is 38.0 Å². The normalized spacial score (nSPS) is 9.97. The zero-order chi connectivity index (χ0) is 21.4. The molecule has 1 amide bonds. The van der Waals surface area contributed by atoms with Crippen LogP contribution in [0.15, 0.2) is 60.7 Å². The van der Waals surface area contributed by atoms with Crippen molar-refractivity contribution < 1.29 is 33.8 Å². The molecule has 0 heterocycles. The average molecular weight is 397 g/mol. The minimum absolute atomic E-state index is 0.0102. The first-order valence-corrected chi connectivity index (χ1v) is 8.53. The number of carboxylic acid groups (broad SMARTS) is 1. The highest BCUT2D eigenvalue weighted by Gasteiger charge is 2.20. The summed E-state index contributed by atoms with van der Waals surface area (Å²) in [5, 5.41) is 11.7. The summed E-state index contributed by atoms with van der Waals surface area (Å²) < 4.78 is 9.87. The SMILES string of the molecule is C=C(C)C(=O)OCCOC(=O)c1ccccc1C(=O)Nc1ccccc1C(=O)O. The summed E-state index contributed by atoms with van der Waals surface area (Å²) in [5.41, 5.74) is 0.237. The van der Waals surface area contributed by atoms with Gasteiger partial charge in [-0.05, 0) is 31.2 Å². The summed E-state index contributed by atoms with van der Waals surface area (Å²) in [4.78, 5) is 47.5. The van der Waals surface area contributed by atoms with E-state index < -0.39 is 23.8 Å². The monoisotopic (exact) mass is 397 g/mol. The van der Waals surface area contributed by atoms with Gasteiger partial charge >= 0.3 is 17.9 Å². The molecule has 2 aromatic rings. The van der Waals surface area contributed by atoms with E-state index in [9.17, 15) is 24.3 Å². The van der Waals surface area contributed by atoms with Crippen LogP contribution in [-0.4, -0.2) is 42.1 Å². The molecule has 8 heteroatoms. The zero-order valence-corrected chi connectivity index (χ0v) is 15.6. The summed E-state index contributed by atoms with van der Waals surface area (Å²) in [6.45, 7) is 4.57. The van der Waals surface area contributed by atoms with E-state index in [0.29, 0.717) is 0 Å². The highest BCUT2D eigenvalue weighted by Crippen LogP contribution is 2.18. The number of carbonyl (C=O) groups excluding carboxylic acids is 3. The van der Waals surface area contributed by atoms with Crippen LogP contribution in [-0.2, 0) is 14.3 Å². The third-order valence-corrected chi connectivity index (χ3v) is 3.70. The van der Waals surface area contributed by atoms with Crippen LogP contribution in [0.25, 0.3) is 0 Å². The molecule has 0 radical (unpaired) electrons. The van der Waals surface area contributed by atoms with Gasteiger partial charge in [-0.2, -0.15) is 0 Å². The van der Waals surface area contributed by atoms with Crippen molar-refractivity contribution in [1.29, 1.82) is 0 Å². The Hall–Kier alpha value is -3.94. The van der Waals surface area contributed by atoms with Crippen LogP contribution in [0.2, 0.25) is 0 Å². The van der Waals surface area contributed by atoms with Crippen molar-refractivity contribution in [3.8, 4) is 0 Å². The Labute approximate surface area is 166 Å². The Balaban J connectivity index is 2.09. The molecule has 0 fully saturated rings. The van der Waals surface area contributed by atoms with Crippen molar-refractivity contribution in [2.24, 2.45) is 0 Å². The van der Waals surface area contributed by atoms with Gasteiger partial charge < -0.3 is 19.9 Å². The number of amides is 1. The number of rotatable bonds is 8. The van der Waals surface area contributed by atoms with E-state index in [1.54, 1.807) is 18.2 Å². The summed E-state index contributed by atoms with van der Waals surface area (Å²) in [7, 11) is 0. The second kappa shape index (κ2) is 9.84. The molecule has 0 aliphatic heterocycles. The molecule has 29 heavy (non-hydrogen) atoms. The predicted molar refractivity (Wildman–Crippen MR) is 104 cm³/mol. The molecular formula is C21H19NO7. The molecule has 0 atom stereocenters. The smallest absolute Gasteiger partial charge is 0.339 e. The maximum atomic E-state index is 12.6. The van der Waals surface area contributed by atoms with E-state index in [1.807, 2.05) is 0 Å². The van der Waals surface area contributed by atoms with E-state index >= 15 is 0 Å². The number of para-hydroxylation sites is 1. The first-order valence-electron chi connectivity index (χ1n) is 8.53. The third-order valence-electron chi connectivity index (χ3n) is 3.70. The molecule has 0 aliphatic carbocycles. The van der Waals surface area contributed by atoms with Crippen molar-refractivity contribution >= 4 is 29.5 Å². The number of aromatic carboxylic acids is 1. The molecule has 2 aromatic carbocycles. The standard InChI is InChI=1S/C21H19NO7/c1-13(2)20(26)28-11-12-29-21(27)15-8-4-3-7-14(15)18(23)22-17-10-6-5-9-16(17)19(24)25/h3-10H,1,11-12H2,2H3,(H,22,23)(H,24,25). The van der Waals surface area contributed by atoms with Crippen molar-refractivity contribution in [3.63, 3.8) is 0 Å². The lowest BCUT2D eigenvalue weighted by Crippen LogP contribution is -2.20. The maximum Gasteiger partial charge on any atom is 0.339 e. The van der Waals surface area contributed by atoms with E-state index in [2.05, 4.69) is 11.9 Å². The zero-order valence-electron chi connectivity index (χ0n) is 15.6. The predicted octanol–water partition coefficient (Wildman–Crippen LogP) is 2.91. The minimum Gasteiger partial charge on any atom is -0.478 e. The van der Waals surface area contributed by atoms with Crippen molar-refractivity contribution in [1.82, 2.24) is 0 Å². The fourth-order valence-corrected chi connectivity index (χ4v) is 2.30. The van der Waals surface area contributed by atoms with Crippen LogP contribution < -0.4 is 5.32 Å². The Morgan fingerprint density at radius 1 is 0.897 bits per heavy atom. The van der Waals surface area contributed by atoms with Gasteiger partial charge in [0.25, 0.3) is 5.91 Å². The first kappa shape index (κ1) is 21.4. The topological polar surface area (TPSA) is 119 Å². The lowest BCUT2D eigenvalue weighted by Gasteiger charge is -2.12. The van der Waals surface area contributed by atoms with Gasteiger partial charge in [0.1, 0.15) is 13.2 Å². The molecule has 0 unspecified atom stereocenters. The van der Waals surface area contributed by atoms with Gasteiger partial charge in [0, 0.05) is 5.57 Å². The fourth-order valence-electron chi connectivity index (χ4n) is 2.30. The van der Waals surface area contributed by atoms with E-state index in [4.69, 9.17) is 9.47 Å². The molecule has 0 aromatic heterocycles. The largest absolute Gasteiger partial charge is 0.478 e. The number of carbonyl (C=O) groups is 4. The minimum atomic E-state index is -1.20. The summed E-state index contributed by atoms with van der Waals surface area (Å²) >= 11 is 0. The van der Waals surface area contributed by atoms with Crippen molar-refractivity contribution in [2.75, 3.05) is 18.5 Å². The molecule has 0 bridgehead atoms. The van der Waals surface area contributed by atoms with E-state index in [0.717, 1.165) is 0 Å². The van der Waals surface area contributed by atoms with Crippen LogP contribution in [0, 0.1) is 0 Å². The number of benzene rings is 2. The van der Waals surface area contributed by atoms with Crippen LogP contribution in [0.5, 0.6) is 0 Å². The van der Waals surface area contributed by atoms with Gasteiger partial charge in [-0.3, -0.25) is 4.79 Å². The lowest BCUT2D eigenvalue weighted by molar-refractivity contribution is -0.140. The number of nitrogens with one attached hydrogen (secondary N) is 1. The molecule has 0 aliphatic rings. The summed E-state index contributed by atoms with van der Waals surface area (Å²) in [5.74, 6) is -3.25. The van der Waals surface area contributed by atoms with Gasteiger partial charge in [0.15, 0.2) is 0 Å². The highest BCUT2D eigenvalue weighted by molar-refractivity contribution is 6.12. The Morgan fingerprint density at radius 2 is 1.45 bits per heavy atom. The number of anilines is 1. The molecule has 0 spiro atoms. The molecule has 2 N–H and O–H groups in total. The average Bonchev–Trinajstić information content (AvgIpc) is 2.70. The van der Waals surface area contributed by atoms with Gasteiger partial charge in [0.05, 0.1) is 22.4 Å². The number of esters is 2. The fraction of sp³-hybridized carbons (Fsp3) is 0.143. The summed E-state index contributed by atoms with van der Waals surface area (Å²) in [6, 6.07) is 11.8. The molecule has 0 saturated heterocycles. The Bertz CT molecular complexity index is 965. The molecule has 2 rings (SSSR count). The first-order chi connectivity index (χ1) is 13.8. The Morgan fingerprint density at radius 3 is 2.07 bits per heavy atom. The van der Waals surface area contributed by atoms with Crippen LogP contribution in [0.4, 0.5) is 5.69 Å². The van der Waals surface area contributed by atoms with E-state index in [-0.39, 0.29) is 41.2 Å². The number of hydrogen-bond donors (Lipinski definition) is 2. The lowest BCUT2D eigenvalue weighted by atomic mass is 10.1. The van der Waals surface area contributed by atoms with Gasteiger partial charge in [0.2, 0.25) is 0 Å². The summed E-state index contributed by atoms with van der Waals surface area (Å²) in [6.07, 6.45) is 0. The second-order valence-electron chi connectivity index (χ2n) is 5.90. The molecular weight excluding hydrogens is 378 g/mol. The second-order valence-corrected chi connectivity index (χ2v) is 5.90. The van der Waals surface area contributed by atoms with Gasteiger partial charge in [-0.15, -0.1) is 0 Å². The maximum absolute atomic E-state index is 12.6. The van der Waals surface area contributed by atoms with Crippen LogP contribution >= 0.6 is 0 Å². The van der Waals surface area contributed by atoms with Crippen LogP contribution in [0.3, 0.4) is 0 Å². The Kier molecular flexibility index (Phi) is 7.25. The molecule has 0 saturated carbocycles. The quantitative estimate of drug-likeness (QED) is 0.399.